The van der Waals surface area contributed by atoms with E-state index in [2.05, 4.69) is 41.4 Å². The number of piperidine rings is 1. The number of sulfonamides is 1. The Kier molecular flexibility index (Phi) is 6.74. The highest BCUT2D eigenvalue weighted by Crippen LogP contribution is 2.24. The first-order chi connectivity index (χ1) is 14.9. The quantitative estimate of drug-likeness (QED) is 0.743. The van der Waals surface area contributed by atoms with E-state index in [1.165, 1.54) is 15.4 Å². The van der Waals surface area contributed by atoms with Crippen LogP contribution in [0, 0.1) is 12.8 Å². The highest BCUT2D eigenvalue weighted by Gasteiger charge is 2.28. The molecule has 1 N–H and O–H groups in total. The maximum atomic E-state index is 12.7. The van der Waals surface area contributed by atoms with E-state index in [1.54, 1.807) is 24.3 Å². The fraction of sp³-hybridized carbons (Fsp3) is 0.458. The zero-order valence-corrected chi connectivity index (χ0v) is 18.9. The van der Waals surface area contributed by atoms with Crippen LogP contribution < -0.4 is 5.32 Å². The van der Waals surface area contributed by atoms with Crippen LogP contribution in [0.4, 0.5) is 5.69 Å². The molecule has 0 radical (unpaired) electrons. The summed E-state index contributed by atoms with van der Waals surface area (Å²) in [5, 5.41) is 2.97. The van der Waals surface area contributed by atoms with Crippen LogP contribution >= 0.6 is 0 Å². The normalized spacial score (nSPS) is 18.9. The molecule has 2 aliphatic rings. The number of hydrogen-bond acceptors (Lipinski definition) is 4. The molecule has 0 spiro atoms. The lowest BCUT2D eigenvalue weighted by atomic mass is 9.95. The second-order valence-electron chi connectivity index (χ2n) is 8.60. The number of aryl methyl sites for hydroxylation is 1. The molecule has 6 nitrogen and oxygen atoms in total. The van der Waals surface area contributed by atoms with Crippen LogP contribution in [0.5, 0.6) is 0 Å². The smallest absolute Gasteiger partial charge is 0.243 e. The summed E-state index contributed by atoms with van der Waals surface area (Å²) < 4.78 is 26.8. The molecule has 0 saturated carbocycles. The molecule has 7 heteroatoms. The van der Waals surface area contributed by atoms with E-state index >= 15 is 0 Å². The number of rotatable bonds is 6. The van der Waals surface area contributed by atoms with Gasteiger partial charge in [0.1, 0.15) is 0 Å². The lowest BCUT2D eigenvalue weighted by Gasteiger charge is -2.31. The van der Waals surface area contributed by atoms with Gasteiger partial charge in [-0.15, -0.1) is 0 Å². The zero-order valence-electron chi connectivity index (χ0n) is 18.1. The van der Waals surface area contributed by atoms with Gasteiger partial charge in [0.2, 0.25) is 15.9 Å². The van der Waals surface area contributed by atoms with Gasteiger partial charge in [0.15, 0.2) is 0 Å². The molecule has 2 saturated heterocycles. The maximum absolute atomic E-state index is 12.7. The number of carbonyl (C=O) groups is 1. The predicted molar refractivity (Wildman–Crippen MR) is 122 cm³/mol. The third-order valence-electron chi connectivity index (χ3n) is 6.44. The Morgan fingerprint density at radius 3 is 2.26 bits per heavy atom. The number of carbonyl (C=O) groups excluding carboxylic acids is 1. The van der Waals surface area contributed by atoms with Crippen molar-refractivity contribution < 1.29 is 13.2 Å². The molecule has 2 aromatic carbocycles. The third kappa shape index (κ3) is 5.17. The van der Waals surface area contributed by atoms with Gasteiger partial charge in [-0.05, 0) is 81.1 Å². The lowest BCUT2D eigenvalue weighted by Crippen LogP contribution is -2.37. The molecule has 4 rings (SSSR count). The summed E-state index contributed by atoms with van der Waals surface area (Å²) in [4.78, 5) is 15.4. The largest absolute Gasteiger partial charge is 0.326 e. The van der Waals surface area contributed by atoms with E-state index in [-0.39, 0.29) is 16.7 Å². The van der Waals surface area contributed by atoms with Gasteiger partial charge in [0.25, 0.3) is 0 Å². The van der Waals surface area contributed by atoms with Gasteiger partial charge in [-0.2, -0.15) is 4.31 Å². The molecule has 2 heterocycles. The number of likely N-dealkylation sites (tertiary alicyclic amines) is 1. The Morgan fingerprint density at radius 2 is 1.61 bits per heavy atom. The molecule has 2 aliphatic heterocycles. The topological polar surface area (TPSA) is 69.7 Å². The van der Waals surface area contributed by atoms with Crippen LogP contribution in [0.2, 0.25) is 0 Å². The zero-order chi connectivity index (χ0) is 21.8. The minimum absolute atomic E-state index is 0.0128. The van der Waals surface area contributed by atoms with Crippen LogP contribution in [0.3, 0.4) is 0 Å². The van der Waals surface area contributed by atoms with Crippen molar-refractivity contribution in [2.45, 2.75) is 44.0 Å². The Bertz CT molecular complexity index is 1010. The van der Waals surface area contributed by atoms with Crippen molar-refractivity contribution in [1.82, 2.24) is 9.21 Å². The number of nitrogens with one attached hydrogen (secondary N) is 1. The number of benzene rings is 2. The van der Waals surface area contributed by atoms with Gasteiger partial charge in [-0.25, -0.2) is 8.42 Å². The minimum Gasteiger partial charge on any atom is -0.326 e. The summed E-state index contributed by atoms with van der Waals surface area (Å²) in [6, 6.07) is 15.0. The van der Waals surface area contributed by atoms with Crippen LogP contribution in [0.1, 0.15) is 36.8 Å². The summed E-state index contributed by atoms with van der Waals surface area (Å²) in [5.41, 5.74) is 3.29. The van der Waals surface area contributed by atoms with Crippen molar-refractivity contribution in [3.05, 3.63) is 59.7 Å². The summed E-state index contributed by atoms with van der Waals surface area (Å²) in [6.45, 7) is 6.04. The van der Waals surface area contributed by atoms with Crippen LogP contribution in [-0.2, 0) is 21.4 Å². The first kappa shape index (κ1) is 22.0. The van der Waals surface area contributed by atoms with Gasteiger partial charge in [-0.3, -0.25) is 9.69 Å². The minimum atomic E-state index is -3.42. The second-order valence-corrected chi connectivity index (χ2v) is 10.5. The summed E-state index contributed by atoms with van der Waals surface area (Å²) in [7, 11) is -3.42. The second kappa shape index (κ2) is 9.51. The van der Waals surface area contributed by atoms with Gasteiger partial charge in [0.05, 0.1) is 4.90 Å². The van der Waals surface area contributed by atoms with E-state index in [9.17, 15) is 13.2 Å². The van der Waals surface area contributed by atoms with Crippen LogP contribution in [-0.4, -0.2) is 49.7 Å². The number of nitrogens with zero attached hydrogens (tertiary/aromatic N) is 2. The highest BCUT2D eigenvalue weighted by atomic mass is 32.2. The molecule has 2 aromatic rings. The van der Waals surface area contributed by atoms with E-state index in [1.807, 2.05) is 0 Å². The van der Waals surface area contributed by atoms with Crippen molar-refractivity contribution in [2.75, 3.05) is 31.5 Å². The van der Waals surface area contributed by atoms with Gasteiger partial charge < -0.3 is 5.32 Å². The fourth-order valence-corrected chi connectivity index (χ4v) is 5.93. The maximum Gasteiger partial charge on any atom is 0.243 e. The predicted octanol–water partition coefficient (Wildman–Crippen LogP) is 3.63. The van der Waals surface area contributed by atoms with Gasteiger partial charge >= 0.3 is 0 Å². The molecular weight excluding hydrogens is 410 g/mol. The van der Waals surface area contributed by atoms with Crippen molar-refractivity contribution in [3.63, 3.8) is 0 Å². The Hall–Kier alpha value is -2.22. The molecule has 0 unspecified atom stereocenters. The van der Waals surface area contributed by atoms with Gasteiger partial charge in [0, 0.05) is 31.2 Å². The molecule has 31 heavy (non-hydrogen) atoms. The summed E-state index contributed by atoms with van der Waals surface area (Å²) in [5.74, 6) is 0.00632. The number of anilines is 1. The van der Waals surface area contributed by atoms with Gasteiger partial charge in [-0.1, -0.05) is 24.3 Å². The average molecular weight is 442 g/mol. The summed E-state index contributed by atoms with van der Waals surface area (Å²) >= 11 is 0. The molecule has 1 amide bonds. The Labute approximate surface area is 185 Å². The number of hydrogen-bond donors (Lipinski definition) is 1. The molecule has 0 aromatic heterocycles. The van der Waals surface area contributed by atoms with E-state index in [4.69, 9.17) is 0 Å². The first-order valence-corrected chi connectivity index (χ1v) is 12.6. The molecule has 2 fully saturated rings. The average Bonchev–Trinajstić information content (AvgIpc) is 3.32. The van der Waals surface area contributed by atoms with Crippen molar-refractivity contribution >= 4 is 21.6 Å². The molecule has 0 atom stereocenters. The Morgan fingerprint density at radius 1 is 0.968 bits per heavy atom. The molecular formula is C24H31N3O3S. The molecule has 166 valence electrons. The summed E-state index contributed by atoms with van der Waals surface area (Å²) in [6.07, 6.45) is 3.49. The lowest BCUT2D eigenvalue weighted by molar-refractivity contribution is -0.121. The van der Waals surface area contributed by atoms with Crippen LogP contribution in [0.25, 0.3) is 0 Å². The van der Waals surface area contributed by atoms with Crippen LogP contribution in [0.15, 0.2) is 53.4 Å². The van der Waals surface area contributed by atoms with Crippen molar-refractivity contribution in [3.8, 4) is 0 Å². The van der Waals surface area contributed by atoms with Crippen molar-refractivity contribution in [1.29, 1.82) is 0 Å². The first-order valence-electron chi connectivity index (χ1n) is 11.1. The van der Waals surface area contributed by atoms with E-state index in [0.29, 0.717) is 18.8 Å². The van der Waals surface area contributed by atoms with E-state index in [0.717, 1.165) is 45.3 Å². The Balaban J connectivity index is 1.29. The van der Waals surface area contributed by atoms with E-state index < -0.39 is 10.0 Å². The standard InChI is InChI=1S/C24H31N3O3S/c1-19-6-2-3-7-21(19)18-26-16-12-20(13-17-26)24(28)25-22-8-10-23(11-9-22)31(29,30)27-14-4-5-15-27/h2-3,6-11,20H,4-5,12-18H2,1H3,(H,25,28). The third-order valence-corrected chi connectivity index (χ3v) is 8.35. The molecule has 0 bridgehead atoms. The number of amides is 1. The molecule has 0 aliphatic carbocycles. The monoisotopic (exact) mass is 441 g/mol. The SMILES string of the molecule is Cc1ccccc1CN1CCC(C(=O)Nc2ccc(S(=O)(=O)N3CCCC3)cc2)CC1. The fourth-order valence-electron chi connectivity index (χ4n) is 4.41. The highest BCUT2D eigenvalue weighted by molar-refractivity contribution is 7.89. The van der Waals surface area contributed by atoms with Crippen molar-refractivity contribution in [2.24, 2.45) is 5.92 Å².